The number of hydrogen-bond donors (Lipinski definition) is 0. The van der Waals surface area contributed by atoms with Gasteiger partial charge in [0.2, 0.25) is 0 Å². The number of piperidine rings is 1. The molecular weight excluding hydrogens is 343 g/mol. The van der Waals surface area contributed by atoms with Gasteiger partial charge in [-0.15, -0.1) is 0 Å². The number of aromatic nitrogens is 1. The summed E-state index contributed by atoms with van der Waals surface area (Å²) in [6, 6.07) is 10.4. The van der Waals surface area contributed by atoms with E-state index in [1.807, 2.05) is 11.0 Å². The van der Waals surface area contributed by atoms with Gasteiger partial charge >= 0.3 is 0 Å². The fourth-order valence-electron chi connectivity index (χ4n) is 4.44. The van der Waals surface area contributed by atoms with E-state index in [-0.39, 0.29) is 17.3 Å². The predicted octanol–water partition coefficient (Wildman–Crippen LogP) is 3.86. The van der Waals surface area contributed by atoms with Gasteiger partial charge in [-0.2, -0.15) is 0 Å². The van der Waals surface area contributed by atoms with Gasteiger partial charge in [-0.05, 0) is 67.9 Å². The van der Waals surface area contributed by atoms with Gasteiger partial charge in [-0.1, -0.05) is 12.1 Å². The Labute approximate surface area is 159 Å². The minimum Gasteiger partial charge on any atom is -0.375 e. The van der Waals surface area contributed by atoms with Crippen LogP contribution in [0.4, 0.5) is 4.39 Å². The molecule has 1 aromatic carbocycles. The van der Waals surface area contributed by atoms with Gasteiger partial charge in [-0.25, -0.2) is 4.39 Å². The lowest BCUT2D eigenvalue weighted by Gasteiger charge is -2.46. The number of ether oxygens (including phenoxy) is 1. The molecular formula is C22H25FN2O2. The van der Waals surface area contributed by atoms with Crippen LogP contribution in [0.5, 0.6) is 0 Å². The van der Waals surface area contributed by atoms with Crippen LogP contribution in [0.15, 0.2) is 48.8 Å². The molecule has 2 fully saturated rings. The van der Waals surface area contributed by atoms with E-state index in [4.69, 9.17) is 4.74 Å². The fourth-order valence-corrected chi connectivity index (χ4v) is 4.44. The third-order valence-corrected chi connectivity index (χ3v) is 5.90. The first-order valence-electron chi connectivity index (χ1n) is 9.71. The number of halogens is 1. The zero-order valence-electron chi connectivity index (χ0n) is 15.4. The standard InChI is InChI=1S/C22H25FN2O2/c23-20-3-1-2-17(15-20)14-18-6-13-27-22(16-18)7-11-25(12-8-22)21(26)19-4-9-24-10-5-19/h1-5,9-10,15,18H,6-8,11-14,16H2. The second-order valence-corrected chi connectivity index (χ2v) is 7.75. The highest BCUT2D eigenvalue weighted by Gasteiger charge is 2.41. The van der Waals surface area contributed by atoms with Crippen LogP contribution in [0.2, 0.25) is 0 Å². The lowest BCUT2D eigenvalue weighted by Crippen LogP contribution is -2.51. The van der Waals surface area contributed by atoms with E-state index < -0.39 is 0 Å². The van der Waals surface area contributed by atoms with E-state index in [0.717, 1.165) is 44.3 Å². The van der Waals surface area contributed by atoms with Crippen LogP contribution < -0.4 is 0 Å². The Kier molecular flexibility index (Phi) is 5.21. The average Bonchev–Trinajstić information content (AvgIpc) is 2.69. The third kappa shape index (κ3) is 4.19. The molecule has 1 atom stereocenters. The smallest absolute Gasteiger partial charge is 0.253 e. The summed E-state index contributed by atoms with van der Waals surface area (Å²) < 4.78 is 19.7. The number of hydrogen-bond acceptors (Lipinski definition) is 3. The van der Waals surface area contributed by atoms with Crippen molar-refractivity contribution < 1.29 is 13.9 Å². The number of nitrogens with zero attached hydrogens (tertiary/aromatic N) is 2. The van der Waals surface area contributed by atoms with E-state index in [0.29, 0.717) is 24.6 Å². The second kappa shape index (κ2) is 7.77. The molecule has 1 amide bonds. The first-order valence-corrected chi connectivity index (χ1v) is 9.71. The second-order valence-electron chi connectivity index (χ2n) is 7.75. The van der Waals surface area contributed by atoms with Crippen LogP contribution in [-0.4, -0.2) is 41.1 Å². The Bertz CT molecular complexity index is 788. The summed E-state index contributed by atoms with van der Waals surface area (Å²) in [7, 11) is 0. The van der Waals surface area contributed by atoms with Crippen LogP contribution >= 0.6 is 0 Å². The van der Waals surface area contributed by atoms with Gasteiger partial charge < -0.3 is 9.64 Å². The Balaban J connectivity index is 1.36. The van der Waals surface area contributed by atoms with Gasteiger partial charge in [0.05, 0.1) is 5.60 Å². The van der Waals surface area contributed by atoms with Crippen LogP contribution in [0.3, 0.4) is 0 Å². The Morgan fingerprint density at radius 2 is 2.00 bits per heavy atom. The zero-order valence-corrected chi connectivity index (χ0v) is 15.4. The summed E-state index contributed by atoms with van der Waals surface area (Å²) in [4.78, 5) is 18.5. The average molecular weight is 368 g/mol. The summed E-state index contributed by atoms with van der Waals surface area (Å²) in [5.41, 5.74) is 1.61. The van der Waals surface area contributed by atoms with Gasteiger partial charge in [0, 0.05) is 37.7 Å². The molecule has 1 spiro atoms. The highest BCUT2D eigenvalue weighted by molar-refractivity contribution is 5.94. The summed E-state index contributed by atoms with van der Waals surface area (Å²) >= 11 is 0. The molecule has 1 aromatic heterocycles. The van der Waals surface area contributed by atoms with Crippen molar-refractivity contribution in [2.24, 2.45) is 5.92 Å². The van der Waals surface area contributed by atoms with Crippen molar-refractivity contribution in [1.82, 2.24) is 9.88 Å². The molecule has 4 nitrogen and oxygen atoms in total. The normalized spacial score (nSPS) is 22.0. The molecule has 2 aliphatic rings. The molecule has 0 aliphatic carbocycles. The highest BCUT2D eigenvalue weighted by Crippen LogP contribution is 2.39. The van der Waals surface area contributed by atoms with Crippen molar-refractivity contribution in [3.8, 4) is 0 Å². The molecule has 27 heavy (non-hydrogen) atoms. The number of likely N-dealkylation sites (tertiary alicyclic amines) is 1. The number of carbonyl (C=O) groups excluding carboxylic acids is 1. The molecule has 3 heterocycles. The molecule has 0 bridgehead atoms. The van der Waals surface area contributed by atoms with Crippen LogP contribution in [0, 0.1) is 11.7 Å². The Morgan fingerprint density at radius 3 is 2.74 bits per heavy atom. The molecule has 0 saturated carbocycles. The number of amides is 1. The van der Waals surface area contributed by atoms with Crippen LogP contribution in [0.1, 0.15) is 41.6 Å². The van der Waals surface area contributed by atoms with Crippen molar-refractivity contribution in [1.29, 1.82) is 0 Å². The zero-order chi connectivity index (χ0) is 18.7. The lowest BCUT2D eigenvalue weighted by atomic mass is 9.77. The molecule has 2 aromatic rings. The van der Waals surface area contributed by atoms with Crippen molar-refractivity contribution in [2.45, 2.75) is 37.7 Å². The first-order chi connectivity index (χ1) is 13.1. The summed E-state index contributed by atoms with van der Waals surface area (Å²) in [6.07, 6.45) is 7.92. The van der Waals surface area contributed by atoms with Crippen molar-refractivity contribution in [2.75, 3.05) is 19.7 Å². The number of benzene rings is 1. The summed E-state index contributed by atoms with van der Waals surface area (Å²) in [5, 5.41) is 0. The number of rotatable bonds is 3. The molecule has 0 radical (unpaired) electrons. The fraction of sp³-hybridized carbons (Fsp3) is 0.455. The maximum atomic E-state index is 13.5. The van der Waals surface area contributed by atoms with Gasteiger partial charge in [0.1, 0.15) is 5.82 Å². The number of carbonyl (C=O) groups is 1. The van der Waals surface area contributed by atoms with E-state index in [9.17, 15) is 9.18 Å². The van der Waals surface area contributed by atoms with Crippen molar-refractivity contribution in [3.05, 3.63) is 65.7 Å². The van der Waals surface area contributed by atoms with E-state index in [1.165, 1.54) is 6.07 Å². The lowest BCUT2D eigenvalue weighted by molar-refractivity contribution is -0.123. The van der Waals surface area contributed by atoms with E-state index in [1.54, 1.807) is 36.7 Å². The van der Waals surface area contributed by atoms with Gasteiger partial charge in [-0.3, -0.25) is 9.78 Å². The monoisotopic (exact) mass is 368 g/mol. The van der Waals surface area contributed by atoms with Gasteiger partial charge in [0.15, 0.2) is 0 Å². The van der Waals surface area contributed by atoms with Gasteiger partial charge in [0.25, 0.3) is 5.91 Å². The maximum absolute atomic E-state index is 13.5. The Hall–Kier alpha value is -2.27. The van der Waals surface area contributed by atoms with Crippen molar-refractivity contribution >= 4 is 5.91 Å². The summed E-state index contributed by atoms with van der Waals surface area (Å²) in [6.45, 7) is 2.18. The van der Waals surface area contributed by atoms with E-state index in [2.05, 4.69) is 4.98 Å². The summed E-state index contributed by atoms with van der Waals surface area (Å²) in [5.74, 6) is 0.402. The number of pyridine rings is 1. The third-order valence-electron chi connectivity index (χ3n) is 5.90. The molecule has 5 heteroatoms. The van der Waals surface area contributed by atoms with E-state index >= 15 is 0 Å². The van der Waals surface area contributed by atoms with Crippen LogP contribution in [0.25, 0.3) is 0 Å². The minimum atomic E-state index is -0.169. The molecule has 2 saturated heterocycles. The van der Waals surface area contributed by atoms with Crippen LogP contribution in [-0.2, 0) is 11.2 Å². The largest absolute Gasteiger partial charge is 0.375 e. The quantitative estimate of drug-likeness (QED) is 0.826. The molecule has 1 unspecified atom stereocenters. The van der Waals surface area contributed by atoms with Crippen molar-refractivity contribution in [3.63, 3.8) is 0 Å². The molecule has 142 valence electrons. The highest BCUT2D eigenvalue weighted by atomic mass is 19.1. The first kappa shape index (κ1) is 18.1. The topological polar surface area (TPSA) is 42.4 Å². The predicted molar refractivity (Wildman–Crippen MR) is 101 cm³/mol. The molecule has 0 N–H and O–H groups in total. The SMILES string of the molecule is O=C(c1ccncc1)N1CCC2(CC1)CC(Cc1cccc(F)c1)CCO2. The molecule has 4 rings (SSSR count). The molecule has 2 aliphatic heterocycles. The maximum Gasteiger partial charge on any atom is 0.253 e. The Morgan fingerprint density at radius 1 is 1.22 bits per heavy atom. The minimum absolute atomic E-state index is 0.0689.